The predicted molar refractivity (Wildman–Crippen MR) is 200 cm³/mol. The van der Waals surface area contributed by atoms with Gasteiger partial charge in [0, 0.05) is 38.6 Å². The average molecular weight is 737 g/mol. The van der Waals surface area contributed by atoms with E-state index in [1.54, 1.807) is 23.9 Å². The van der Waals surface area contributed by atoms with Gasteiger partial charge in [-0.2, -0.15) is 0 Å². The average Bonchev–Trinajstić information content (AvgIpc) is 3.82. The zero-order valence-corrected chi connectivity index (χ0v) is 29.7. The third-order valence-corrected chi connectivity index (χ3v) is 11.9. The third-order valence-electron chi connectivity index (χ3n) is 8.49. The van der Waals surface area contributed by atoms with E-state index in [1.165, 1.54) is 35.1 Å². The quantitative estimate of drug-likeness (QED) is 0.105. The maximum Gasteiger partial charge on any atom is 0.352 e. The molecule has 2 amide bonds. The molecule has 4 heterocycles. The number of carboxylic acid groups (broad SMARTS) is 1. The van der Waals surface area contributed by atoms with Gasteiger partial charge in [-0.05, 0) is 28.3 Å². The number of β-lactam (4-membered cyclic amide) rings is 1. The van der Waals surface area contributed by atoms with Gasteiger partial charge in [-0.3, -0.25) is 19.5 Å². The molecule has 1 aromatic heterocycles. The molecular formula is C37H32N6O5S3. The summed E-state index contributed by atoms with van der Waals surface area (Å²) in [5, 5.41) is 18.0. The Morgan fingerprint density at radius 1 is 1.04 bits per heavy atom. The van der Waals surface area contributed by atoms with Crippen molar-refractivity contribution in [2.45, 2.75) is 23.4 Å². The number of thiazole rings is 1. The number of nitrogens with one attached hydrogen (secondary N) is 2. The summed E-state index contributed by atoms with van der Waals surface area (Å²) in [5.41, 5.74) is 4.57. The van der Waals surface area contributed by atoms with Crippen molar-refractivity contribution in [2.75, 3.05) is 12.9 Å². The summed E-state index contributed by atoms with van der Waals surface area (Å²) in [6, 6.07) is 29.2. The number of aromatic nitrogens is 1. The minimum Gasteiger partial charge on any atom is -0.477 e. The molecule has 0 spiro atoms. The van der Waals surface area contributed by atoms with Crippen LogP contribution in [0.25, 0.3) is 6.08 Å². The van der Waals surface area contributed by atoms with Crippen LogP contribution in [-0.4, -0.2) is 62.2 Å². The molecule has 14 heteroatoms. The number of carbonyl (C=O) groups is 3. The van der Waals surface area contributed by atoms with E-state index in [1.807, 2.05) is 96.4 Å². The Balaban J connectivity index is 1.13. The van der Waals surface area contributed by atoms with E-state index in [0.717, 1.165) is 21.6 Å². The molecule has 4 aromatic rings. The highest BCUT2D eigenvalue weighted by molar-refractivity contribution is 8.05. The van der Waals surface area contributed by atoms with Gasteiger partial charge >= 0.3 is 5.97 Å². The summed E-state index contributed by atoms with van der Waals surface area (Å²) < 4.78 is 4.34. The fraction of sp³-hybridized carbons (Fsp3) is 0.162. The van der Waals surface area contributed by atoms with Crippen LogP contribution in [0.2, 0.25) is 0 Å². The summed E-state index contributed by atoms with van der Waals surface area (Å²) >= 11 is 2.84. The van der Waals surface area contributed by atoms with E-state index in [2.05, 4.69) is 20.1 Å². The highest BCUT2D eigenvalue weighted by Gasteiger charge is 2.54. The van der Waals surface area contributed by atoms with Crippen LogP contribution in [0.15, 0.2) is 141 Å². The summed E-state index contributed by atoms with van der Waals surface area (Å²) in [6.45, 7) is 0. The van der Waals surface area contributed by atoms with E-state index < -0.39 is 45.4 Å². The lowest BCUT2D eigenvalue weighted by Gasteiger charge is -2.49. The molecule has 0 saturated carbocycles. The maximum atomic E-state index is 13.4. The summed E-state index contributed by atoms with van der Waals surface area (Å²) in [7, 11) is 0.489. The number of aliphatic carboxylic acids is 1. The molecule has 0 radical (unpaired) electrons. The second-order valence-corrected chi connectivity index (χ2v) is 15.0. The highest BCUT2D eigenvalue weighted by Crippen LogP contribution is 2.42. The smallest absolute Gasteiger partial charge is 0.352 e. The molecule has 1 fully saturated rings. The number of rotatable bonds is 11. The van der Waals surface area contributed by atoms with Crippen molar-refractivity contribution < 1.29 is 24.3 Å². The van der Waals surface area contributed by atoms with E-state index in [0.29, 0.717) is 22.2 Å². The van der Waals surface area contributed by atoms with Crippen molar-refractivity contribution in [3.8, 4) is 0 Å². The van der Waals surface area contributed by atoms with Gasteiger partial charge in [-0.15, -0.1) is 23.1 Å². The van der Waals surface area contributed by atoms with Crippen LogP contribution in [0.1, 0.15) is 28.0 Å². The molecule has 7 rings (SSSR count). The normalized spacial score (nSPS) is 21.0. The van der Waals surface area contributed by atoms with Gasteiger partial charge in [0.05, 0.1) is 19.0 Å². The maximum absolute atomic E-state index is 13.4. The first-order valence-corrected chi connectivity index (χ1v) is 19.0. The predicted octanol–water partition coefficient (Wildman–Crippen LogP) is 5.44. The van der Waals surface area contributed by atoms with Crippen molar-refractivity contribution >= 4 is 62.8 Å². The monoisotopic (exact) mass is 736 g/mol. The number of amidine groups is 1. The number of hydrogen-bond acceptors (Lipinski definition) is 9. The lowest BCUT2D eigenvalue weighted by Crippen LogP contribution is -2.70. The zero-order chi connectivity index (χ0) is 35.4. The number of aliphatic imine (C=N–C) groups is 1. The van der Waals surface area contributed by atoms with Crippen LogP contribution in [0.3, 0.4) is 0 Å². The van der Waals surface area contributed by atoms with Crippen molar-refractivity contribution in [3.05, 3.63) is 153 Å². The van der Waals surface area contributed by atoms with Crippen molar-refractivity contribution in [2.24, 2.45) is 9.52 Å². The van der Waals surface area contributed by atoms with E-state index in [-0.39, 0.29) is 12.1 Å². The second-order valence-electron chi connectivity index (χ2n) is 11.6. The molecule has 0 aliphatic carbocycles. The molecule has 3 aromatic carbocycles. The zero-order valence-electron chi connectivity index (χ0n) is 27.2. The Morgan fingerprint density at radius 2 is 1.67 bits per heavy atom. The molecule has 0 bridgehead atoms. The topological polar surface area (TPSA) is 146 Å². The lowest BCUT2D eigenvalue weighted by molar-refractivity contribution is -0.150. The molecule has 1 saturated heterocycles. The minimum atomic E-state index is -1.19. The number of carbonyl (C=O) groups excluding carboxylic acids is 2. The second kappa shape index (κ2) is 15.0. The van der Waals surface area contributed by atoms with Gasteiger partial charge in [0.1, 0.15) is 22.7 Å². The molecular weight excluding hydrogens is 705 g/mol. The molecule has 258 valence electrons. The highest BCUT2D eigenvalue weighted by atomic mass is 32.2. The molecule has 3 aliphatic heterocycles. The Labute approximate surface area is 304 Å². The number of benzene rings is 3. The number of allylic oxidation sites excluding steroid dienone is 1. The number of amides is 2. The fourth-order valence-corrected chi connectivity index (χ4v) is 9.34. The van der Waals surface area contributed by atoms with Crippen LogP contribution >= 0.6 is 23.1 Å². The van der Waals surface area contributed by atoms with E-state index in [4.69, 9.17) is 9.83 Å². The molecule has 3 N–H and O–H groups in total. The Morgan fingerprint density at radius 3 is 2.22 bits per heavy atom. The van der Waals surface area contributed by atoms with Crippen LogP contribution < -0.4 is 10.6 Å². The number of fused-ring (bicyclic) bond motifs is 1. The molecule has 11 nitrogen and oxygen atoms in total. The first kappa shape index (κ1) is 34.3. The van der Waals surface area contributed by atoms with Crippen molar-refractivity contribution in [1.82, 2.24) is 20.5 Å². The van der Waals surface area contributed by atoms with Crippen molar-refractivity contribution in [1.29, 1.82) is 0 Å². The van der Waals surface area contributed by atoms with Crippen LogP contribution in [0.4, 0.5) is 0 Å². The number of carboxylic acids is 1. The Hall–Kier alpha value is -5.15. The lowest BCUT2D eigenvalue weighted by atomic mass is 9.77. The summed E-state index contributed by atoms with van der Waals surface area (Å²) in [4.78, 5) is 55.8. The van der Waals surface area contributed by atoms with Gasteiger partial charge in [-0.1, -0.05) is 102 Å². The van der Waals surface area contributed by atoms with Gasteiger partial charge in [-0.25, -0.2) is 14.6 Å². The van der Waals surface area contributed by atoms with Gasteiger partial charge < -0.3 is 15.7 Å². The van der Waals surface area contributed by atoms with Crippen LogP contribution in [0, 0.1) is 0 Å². The molecule has 3 aliphatic rings. The van der Waals surface area contributed by atoms with Crippen LogP contribution in [0.5, 0.6) is 0 Å². The SMILES string of the molecule is CO/N=S1\C=C(CC(=O)NC2C(=O)N3C(C(=O)O)=C(/C=C/c4cncs4)CSC23)NC1=NC(c1ccccc1)(c1ccccc1)c1ccccc1. The van der Waals surface area contributed by atoms with Gasteiger partial charge in [0.2, 0.25) is 5.91 Å². The minimum absolute atomic E-state index is 0.0695. The van der Waals surface area contributed by atoms with Gasteiger partial charge in [0.25, 0.3) is 5.91 Å². The number of hydrogen-bond donors (Lipinski definition) is 3. The first-order chi connectivity index (χ1) is 24.9. The van der Waals surface area contributed by atoms with Crippen molar-refractivity contribution in [3.63, 3.8) is 0 Å². The van der Waals surface area contributed by atoms with E-state index >= 15 is 0 Å². The largest absolute Gasteiger partial charge is 0.477 e. The first-order valence-electron chi connectivity index (χ1n) is 15.9. The Kier molecular flexibility index (Phi) is 10.1. The summed E-state index contributed by atoms with van der Waals surface area (Å²) in [5.74, 6) is -1.69. The molecule has 3 unspecified atom stereocenters. The Bertz CT molecular complexity index is 2000. The molecule has 51 heavy (non-hydrogen) atoms. The van der Waals surface area contributed by atoms with Gasteiger partial charge in [0.15, 0.2) is 5.17 Å². The fourth-order valence-electron chi connectivity index (χ4n) is 6.25. The third kappa shape index (κ3) is 6.82. The summed E-state index contributed by atoms with van der Waals surface area (Å²) in [6.07, 6.45) is 5.10. The standard InChI is InChI=1S/C37H32N6O5S3/c1-48-42-51-22-28(19-30(44)40-31-33(45)43-32(35(46)47)24(21-49-34(31)43)17-18-29-20-38-23-50-29)39-36(51)41-37(25-11-5-2-6-12-25,26-13-7-3-8-14-26)27-15-9-4-10-16-27/h2-18,20,22-23,31,34H,19,21H2,1H3,(H,39,41)(H,40,44)(H,46,47)/b18-17+. The van der Waals surface area contributed by atoms with E-state index in [9.17, 15) is 19.5 Å². The van der Waals surface area contributed by atoms with Crippen LogP contribution in [-0.2, 0) is 35.5 Å². The molecule has 3 atom stereocenters. The number of thioether (sulfide) groups is 1. The number of nitrogens with zero attached hydrogens (tertiary/aromatic N) is 4.